The van der Waals surface area contributed by atoms with Gasteiger partial charge in [0.15, 0.2) is 31.1 Å². The van der Waals surface area contributed by atoms with Gasteiger partial charge in [-0.1, -0.05) is 62.4 Å². The van der Waals surface area contributed by atoms with Crippen molar-refractivity contribution >= 4 is 34.4 Å². The van der Waals surface area contributed by atoms with Gasteiger partial charge in [0.1, 0.15) is 42.3 Å². The Bertz CT molecular complexity index is 2500. The van der Waals surface area contributed by atoms with Crippen LogP contribution in [0.25, 0.3) is 10.9 Å². The average Bonchev–Trinajstić information content (AvgIpc) is 4.01. The number of aromatic nitrogens is 4. The summed E-state index contributed by atoms with van der Waals surface area (Å²) in [4.78, 5) is 51.7. The van der Waals surface area contributed by atoms with E-state index in [-0.39, 0.29) is 48.9 Å². The van der Waals surface area contributed by atoms with Crippen LogP contribution in [0.2, 0.25) is 0 Å². The predicted molar refractivity (Wildman–Crippen MR) is 247 cm³/mol. The maximum Gasteiger partial charge on any atom is 0.338 e. The number of ether oxygens (including phenoxy) is 7. The third kappa shape index (κ3) is 11.6. The molecule has 9 unspecified atom stereocenters. The van der Waals surface area contributed by atoms with E-state index in [2.05, 4.69) is 15.6 Å². The number of hydrogen-bond donors (Lipinski definition) is 6. The van der Waals surface area contributed by atoms with Crippen LogP contribution >= 0.6 is 0 Å². The summed E-state index contributed by atoms with van der Waals surface area (Å²) >= 11 is 0. The maximum atomic E-state index is 14.1. The van der Waals surface area contributed by atoms with Crippen molar-refractivity contribution in [2.45, 2.75) is 164 Å². The minimum absolute atomic E-state index is 0.0219. The number of non-ortho nitro benzene ring substituents is 1. The van der Waals surface area contributed by atoms with Crippen molar-refractivity contribution in [2.24, 2.45) is 17.8 Å². The summed E-state index contributed by atoms with van der Waals surface area (Å²) in [7, 11) is 0. The van der Waals surface area contributed by atoms with E-state index in [1.165, 1.54) is 24.3 Å². The predicted octanol–water partition coefficient (Wildman–Crippen LogP) is 2.58. The molecule has 2 aliphatic carbocycles. The van der Waals surface area contributed by atoms with Gasteiger partial charge in [-0.25, -0.2) is 9.59 Å². The van der Waals surface area contributed by atoms with Crippen LogP contribution in [-0.4, -0.2) is 154 Å². The first-order valence-electron chi connectivity index (χ1n) is 24.7. The number of benzene rings is 2. The Hall–Kier alpha value is -5.47. The zero-order chi connectivity index (χ0) is 50.6. The van der Waals surface area contributed by atoms with Crippen molar-refractivity contribution in [2.75, 3.05) is 6.61 Å². The van der Waals surface area contributed by atoms with E-state index >= 15 is 0 Å². The van der Waals surface area contributed by atoms with Crippen LogP contribution in [0.15, 0.2) is 67.0 Å². The van der Waals surface area contributed by atoms with E-state index < -0.39 is 115 Å². The van der Waals surface area contributed by atoms with Gasteiger partial charge in [0.05, 0.1) is 42.0 Å². The number of hydrogen-bond acceptors (Lipinski definition) is 18. The number of nitro groups is 1. The number of aliphatic carboxylic acids is 1. The van der Waals surface area contributed by atoms with Gasteiger partial charge in [0, 0.05) is 48.2 Å². The first kappa shape index (κ1) is 51.4. The third-order valence-electron chi connectivity index (χ3n) is 14.5. The third-order valence-corrected chi connectivity index (χ3v) is 14.5. The highest BCUT2D eigenvalue weighted by Crippen LogP contribution is 2.40. The summed E-state index contributed by atoms with van der Waals surface area (Å²) in [5.41, 5.74) is 1.52. The second-order valence-corrected chi connectivity index (χ2v) is 19.6. The molecule has 390 valence electrons. The highest BCUT2D eigenvalue weighted by molar-refractivity contribution is 5.89. The molecular weight excluding hydrogens is 945 g/mol. The lowest BCUT2D eigenvalue weighted by molar-refractivity contribution is -0.391. The van der Waals surface area contributed by atoms with Crippen LogP contribution in [0.3, 0.4) is 0 Å². The molecule has 15 atom stereocenters. The molecule has 1 amide bonds. The molecule has 6 N–H and O–H groups in total. The molecule has 3 aliphatic heterocycles. The lowest BCUT2D eigenvalue weighted by Gasteiger charge is -2.49. The SMILES string of the molecule is CC1CC(C(=O)NCc2cn(CCCn3ccc4cc([N+](=O)[O-])ccc43)nn2)C[C@H]2O[C@@H]3OC(COC4O[C@@H](OC12)C(O)C(O)[C@@H]4O)[C@H](O)C(O[C@@H](CC1CCCCC1)C(=O)O)C3OC(=O)c1ccccc1. The number of aliphatic hydroxyl groups is 4. The molecule has 3 saturated heterocycles. The second kappa shape index (κ2) is 22.7. The Morgan fingerprint density at radius 2 is 1.64 bits per heavy atom. The standard InChI is InChI=1S/C49H62N6O17/c1-26-19-30(44(60)50-23-31-24-54(52-51-31)17-8-16-53-18-15-29-21-32(55(64)65)13-14-33(29)53)22-34-41(26)71-48-40(59)38(57)39(58)47(72-48)66-25-36-37(56)42(67-35(45(61)62)20-27-9-4-2-5-10-27)43(49(68-34)69-36)70-46(63)28-11-6-3-7-12-28/h3,6-7,11-15,18,21,24,26-27,30,34-43,47-49,56-59H,2,4-5,8-10,16-17,19-20,22-23,25H2,1H3,(H,50,60)(H,61,62)/t26?,30?,34-,35+,36?,37+,38?,39+,40?,41?,42?,43?,47?,48-,49-/m1/s1. The van der Waals surface area contributed by atoms with Crippen molar-refractivity contribution in [1.29, 1.82) is 0 Å². The van der Waals surface area contributed by atoms with Crippen LogP contribution in [0.5, 0.6) is 0 Å². The first-order chi connectivity index (χ1) is 34.7. The molecule has 2 saturated carbocycles. The smallest absolute Gasteiger partial charge is 0.338 e. The van der Waals surface area contributed by atoms with Crippen LogP contribution in [0.1, 0.15) is 80.8 Å². The molecule has 5 fully saturated rings. The molecule has 0 radical (unpaired) electrons. The lowest BCUT2D eigenvalue weighted by atomic mass is 9.77. The van der Waals surface area contributed by atoms with Crippen molar-refractivity contribution in [3.8, 4) is 0 Å². The summed E-state index contributed by atoms with van der Waals surface area (Å²) in [5.74, 6) is -3.70. The lowest BCUT2D eigenvalue weighted by Crippen LogP contribution is -2.66. The fraction of sp³-hybridized carbons (Fsp3) is 0.612. The van der Waals surface area contributed by atoms with Crippen molar-refractivity contribution in [3.05, 3.63) is 88.4 Å². The minimum atomic E-state index is -1.79. The quantitative estimate of drug-likeness (QED) is 0.0566. The van der Waals surface area contributed by atoms with E-state index in [4.69, 9.17) is 33.2 Å². The molecule has 23 nitrogen and oxygen atoms in total. The molecule has 72 heavy (non-hydrogen) atoms. The number of nitrogens with one attached hydrogen (secondary N) is 1. The number of carboxylic acid groups (broad SMARTS) is 1. The van der Waals surface area contributed by atoms with Crippen molar-refractivity contribution < 1.29 is 78.0 Å². The molecule has 9 rings (SSSR count). The molecule has 5 heterocycles. The molecule has 5 aliphatic rings. The number of nitrogens with zero attached hydrogens (tertiary/aromatic N) is 5. The summed E-state index contributed by atoms with van der Waals surface area (Å²) in [6, 6.07) is 14.6. The number of fused-ring (bicyclic) bond motifs is 6. The maximum absolute atomic E-state index is 14.1. The van der Waals surface area contributed by atoms with Crippen LogP contribution in [0.4, 0.5) is 5.69 Å². The summed E-state index contributed by atoms with van der Waals surface area (Å²) in [5, 5.41) is 79.0. The highest BCUT2D eigenvalue weighted by atomic mass is 16.8. The second-order valence-electron chi connectivity index (χ2n) is 19.6. The molecule has 4 bridgehead atoms. The Morgan fingerprint density at radius 1 is 0.875 bits per heavy atom. The molecule has 4 aromatic rings. The fourth-order valence-corrected chi connectivity index (χ4v) is 10.7. The minimum Gasteiger partial charge on any atom is -0.479 e. The highest BCUT2D eigenvalue weighted by Gasteiger charge is 2.55. The van der Waals surface area contributed by atoms with Gasteiger partial charge in [-0.2, -0.15) is 0 Å². The normalized spacial score (nSPS) is 32.6. The Kier molecular flexibility index (Phi) is 16.2. The number of carboxylic acids is 1. The van der Waals surface area contributed by atoms with Crippen LogP contribution < -0.4 is 5.32 Å². The van der Waals surface area contributed by atoms with E-state index in [0.717, 1.165) is 43.0 Å². The van der Waals surface area contributed by atoms with Crippen molar-refractivity contribution in [1.82, 2.24) is 24.9 Å². The average molecular weight is 1010 g/mol. The number of aryl methyl sites for hydroxylation is 2. The molecular formula is C49H62N6O17. The summed E-state index contributed by atoms with van der Waals surface area (Å²) in [6.45, 7) is 2.40. The summed E-state index contributed by atoms with van der Waals surface area (Å²) < 4.78 is 47.4. The van der Waals surface area contributed by atoms with E-state index in [9.17, 15) is 50.0 Å². The number of rotatable bonds is 15. The first-order valence-corrected chi connectivity index (χ1v) is 24.7. The van der Waals surface area contributed by atoms with Crippen LogP contribution in [-0.2, 0) is 62.4 Å². The zero-order valence-corrected chi connectivity index (χ0v) is 39.7. The number of nitro benzene ring substituents is 1. The van der Waals surface area contributed by atoms with Crippen LogP contribution in [0, 0.1) is 27.9 Å². The Morgan fingerprint density at radius 3 is 2.40 bits per heavy atom. The van der Waals surface area contributed by atoms with Crippen molar-refractivity contribution in [3.63, 3.8) is 0 Å². The largest absolute Gasteiger partial charge is 0.479 e. The molecule has 2 aromatic heterocycles. The van der Waals surface area contributed by atoms with Gasteiger partial charge >= 0.3 is 11.9 Å². The van der Waals surface area contributed by atoms with Gasteiger partial charge in [0.25, 0.3) is 5.69 Å². The molecule has 2 aromatic carbocycles. The summed E-state index contributed by atoms with van der Waals surface area (Å²) in [6.07, 6.45) is -10.8. The number of amides is 1. The van der Waals surface area contributed by atoms with Gasteiger partial charge in [0.2, 0.25) is 5.91 Å². The van der Waals surface area contributed by atoms with Gasteiger partial charge in [-0.05, 0) is 61.8 Å². The zero-order valence-electron chi connectivity index (χ0n) is 39.7. The van der Waals surface area contributed by atoms with Gasteiger partial charge in [-0.15, -0.1) is 5.10 Å². The van der Waals surface area contributed by atoms with Gasteiger partial charge < -0.3 is 68.6 Å². The Balaban J connectivity index is 0.938. The molecule has 0 spiro atoms. The fourth-order valence-electron chi connectivity index (χ4n) is 10.7. The van der Waals surface area contributed by atoms with E-state index in [0.29, 0.717) is 25.2 Å². The monoisotopic (exact) mass is 1010 g/mol. The number of carbonyl (C=O) groups is 3. The molecule has 23 heteroatoms. The topological polar surface area (TPSA) is 308 Å². The Labute approximate surface area is 413 Å². The van der Waals surface area contributed by atoms with Gasteiger partial charge in [-0.3, -0.25) is 19.6 Å². The van der Waals surface area contributed by atoms with E-state index in [1.807, 2.05) is 16.8 Å². The number of carbonyl (C=O) groups excluding carboxylic acids is 2. The van der Waals surface area contributed by atoms with E-state index in [1.54, 1.807) is 42.1 Å². The number of esters is 1. The number of aliphatic hydroxyl groups excluding tert-OH is 4.